The van der Waals surface area contributed by atoms with Gasteiger partial charge in [0.2, 0.25) is 0 Å². The number of hydrogen-bond donors (Lipinski definition) is 5. The van der Waals surface area contributed by atoms with E-state index < -0.39 is 37.6 Å². The summed E-state index contributed by atoms with van der Waals surface area (Å²) in [5.74, 6) is -0.702. The molecule has 0 saturated heterocycles. The maximum absolute atomic E-state index is 12.2. The summed E-state index contributed by atoms with van der Waals surface area (Å²) in [7, 11) is -3.47. The van der Waals surface area contributed by atoms with E-state index in [0.29, 0.717) is 6.42 Å². The largest absolute Gasteiger partial charge is 0.504 e. The van der Waals surface area contributed by atoms with Crippen LogP contribution in [0.25, 0.3) is 0 Å². The molecular formula is C17H23N3O7S. The Morgan fingerprint density at radius 1 is 1.18 bits per heavy atom. The Morgan fingerprint density at radius 3 is 2.32 bits per heavy atom. The summed E-state index contributed by atoms with van der Waals surface area (Å²) in [6, 6.07) is 2.29. The van der Waals surface area contributed by atoms with Crippen molar-refractivity contribution in [2.45, 2.75) is 37.6 Å². The van der Waals surface area contributed by atoms with Gasteiger partial charge in [0.05, 0.1) is 12.3 Å². The molecular weight excluding hydrogens is 390 g/mol. The Balaban J connectivity index is 2.45. The minimum atomic E-state index is -4.37. The first-order chi connectivity index (χ1) is 13.1. The van der Waals surface area contributed by atoms with Crippen LogP contribution in [-0.2, 0) is 10.0 Å². The van der Waals surface area contributed by atoms with Crippen LogP contribution in [0.4, 0.5) is 17.1 Å². The number of sulfonamides is 1. The molecule has 154 valence electrons. The number of benzene rings is 1. The fraction of sp³-hybridized carbons (Fsp3) is 0.412. The number of nitrogens with one attached hydrogen (secondary N) is 2. The van der Waals surface area contributed by atoms with Gasteiger partial charge in [-0.15, -0.1) is 0 Å². The summed E-state index contributed by atoms with van der Waals surface area (Å²) in [4.78, 5) is 23.3. The number of hydroxylamine groups is 1. The van der Waals surface area contributed by atoms with Crippen molar-refractivity contribution < 1.29 is 23.8 Å². The van der Waals surface area contributed by atoms with E-state index >= 15 is 0 Å². The number of rotatable bonds is 9. The topological polar surface area (TPSA) is 156 Å². The lowest BCUT2D eigenvalue weighted by Crippen LogP contribution is -2.39. The Kier molecular flexibility index (Phi) is 6.44. The van der Waals surface area contributed by atoms with Crippen molar-refractivity contribution in [1.29, 1.82) is 0 Å². The van der Waals surface area contributed by atoms with E-state index in [4.69, 9.17) is 0 Å². The van der Waals surface area contributed by atoms with E-state index in [2.05, 4.69) is 10.6 Å². The molecule has 0 aliphatic heterocycles. The van der Waals surface area contributed by atoms with Crippen molar-refractivity contribution in [3.8, 4) is 5.75 Å². The molecule has 0 saturated carbocycles. The van der Waals surface area contributed by atoms with Gasteiger partial charge in [-0.1, -0.05) is 23.9 Å². The van der Waals surface area contributed by atoms with Gasteiger partial charge in [0.15, 0.2) is 5.75 Å². The molecule has 0 spiro atoms. The third-order valence-electron chi connectivity index (χ3n) is 4.31. The summed E-state index contributed by atoms with van der Waals surface area (Å²) in [5, 5.41) is 34.5. The predicted molar refractivity (Wildman–Crippen MR) is 104 cm³/mol. The smallest absolute Gasteiger partial charge is 0.268 e. The molecule has 0 amide bonds. The van der Waals surface area contributed by atoms with Crippen LogP contribution in [0.1, 0.15) is 25.3 Å². The fourth-order valence-corrected chi connectivity index (χ4v) is 3.87. The molecule has 5 N–H and O–H groups in total. The molecule has 0 aliphatic carbocycles. The lowest BCUT2D eigenvalue weighted by Gasteiger charge is -2.21. The molecule has 28 heavy (non-hydrogen) atoms. The molecule has 2 aromatic rings. The predicted octanol–water partition coefficient (Wildman–Crippen LogP) is 0.623. The number of aromatic hydroxyl groups is 1. The summed E-state index contributed by atoms with van der Waals surface area (Å²) in [6.45, 7) is 3.09. The minimum Gasteiger partial charge on any atom is -0.504 e. The maximum Gasteiger partial charge on any atom is 0.268 e. The Labute approximate surface area is 161 Å². The number of phenols is 1. The van der Waals surface area contributed by atoms with Crippen LogP contribution < -0.4 is 21.5 Å². The second-order valence-electron chi connectivity index (χ2n) is 6.39. The van der Waals surface area contributed by atoms with Crippen LogP contribution in [0.5, 0.6) is 5.75 Å². The quantitative estimate of drug-likeness (QED) is 0.226. The second-order valence-corrected chi connectivity index (χ2v) is 8.28. The average molecular weight is 413 g/mol. The Morgan fingerprint density at radius 2 is 1.79 bits per heavy atom. The molecule has 0 fully saturated rings. The van der Waals surface area contributed by atoms with Crippen molar-refractivity contribution in [2.24, 2.45) is 0 Å². The molecule has 1 atom stereocenters. The highest BCUT2D eigenvalue weighted by Crippen LogP contribution is 2.37. The second kappa shape index (κ2) is 8.27. The third-order valence-corrected chi connectivity index (χ3v) is 6.04. The highest BCUT2D eigenvalue weighted by molar-refractivity contribution is 7.89. The van der Waals surface area contributed by atoms with E-state index in [-0.39, 0.29) is 33.7 Å². The van der Waals surface area contributed by atoms with Gasteiger partial charge in [0, 0.05) is 13.1 Å². The summed E-state index contributed by atoms with van der Waals surface area (Å²) < 4.78 is 24.5. The fourth-order valence-electron chi connectivity index (χ4n) is 2.78. The van der Waals surface area contributed by atoms with Crippen LogP contribution in [0.2, 0.25) is 0 Å². The van der Waals surface area contributed by atoms with Gasteiger partial charge in [-0.25, -0.2) is 8.42 Å². The maximum atomic E-state index is 12.2. The zero-order valence-corrected chi connectivity index (χ0v) is 16.5. The molecule has 0 aliphatic rings. The molecule has 2 aromatic carbocycles. The summed E-state index contributed by atoms with van der Waals surface area (Å²) in [6.07, 6.45) is 1.31. The monoisotopic (exact) mass is 413 g/mol. The van der Waals surface area contributed by atoms with Crippen LogP contribution in [0.3, 0.4) is 0 Å². The number of nitrogens with zero attached hydrogens (tertiary/aromatic N) is 1. The van der Waals surface area contributed by atoms with Crippen LogP contribution in [0, 0.1) is 6.92 Å². The highest BCUT2D eigenvalue weighted by Gasteiger charge is 2.29. The molecule has 10 nitrogen and oxygen atoms in total. The Bertz CT molecular complexity index is 1040. The van der Waals surface area contributed by atoms with E-state index in [9.17, 15) is 33.4 Å². The minimum absolute atomic E-state index is 0.0281. The summed E-state index contributed by atoms with van der Waals surface area (Å²) in [5.41, 5.74) is -1.74. The van der Waals surface area contributed by atoms with Crippen molar-refractivity contribution >= 4 is 27.1 Å². The zero-order valence-electron chi connectivity index (χ0n) is 15.7. The van der Waals surface area contributed by atoms with Gasteiger partial charge in [-0.3, -0.25) is 14.8 Å². The molecule has 2 rings (SSSR count). The van der Waals surface area contributed by atoms with Gasteiger partial charge >= 0.3 is 0 Å². The lowest BCUT2D eigenvalue weighted by atomic mass is 10.1. The van der Waals surface area contributed by atoms with E-state index in [1.807, 2.05) is 6.92 Å². The zero-order chi connectivity index (χ0) is 21.2. The summed E-state index contributed by atoms with van der Waals surface area (Å²) >= 11 is 0. The molecule has 0 unspecified atom stereocenters. The van der Waals surface area contributed by atoms with Crippen molar-refractivity contribution in [2.75, 3.05) is 24.3 Å². The van der Waals surface area contributed by atoms with Gasteiger partial charge < -0.3 is 20.8 Å². The first-order valence-corrected chi connectivity index (χ1v) is 9.98. The first kappa shape index (κ1) is 21.8. The van der Waals surface area contributed by atoms with Crippen LogP contribution in [-0.4, -0.2) is 48.0 Å². The van der Waals surface area contributed by atoms with Crippen LogP contribution >= 0.6 is 0 Å². The molecule has 11 heteroatoms. The average Bonchev–Trinajstić information content (AvgIpc) is 2.64. The van der Waals surface area contributed by atoms with Crippen molar-refractivity contribution in [3.05, 3.63) is 38.1 Å². The van der Waals surface area contributed by atoms with Gasteiger partial charge in [0.1, 0.15) is 16.3 Å². The SMILES string of the molecule is CCC[C@H](CO)Nc1c(Nc2ccc(C)c(S(=O)(=O)N(C)O)c2O)c(=O)c1=O. The number of phenolic OH excluding ortho intramolecular Hbond substituents is 1. The number of aliphatic hydroxyl groups is 1. The number of aryl methyl sites for hydroxylation is 1. The van der Waals surface area contributed by atoms with Gasteiger partial charge in [0.25, 0.3) is 20.9 Å². The third kappa shape index (κ3) is 3.87. The lowest BCUT2D eigenvalue weighted by molar-refractivity contribution is 0.0308. The van der Waals surface area contributed by atoms with Crippen molar-refractivity contribution in [3.63, 3.8) is 0 Å². The highest BCUT2D eigenvalue weighted by atomic mass is 32.2. The number of hydrogen-bond acceptors (Lipinski definition) is 9. The first-order valence-electron chi connectivity index (χ1n) is 8.54. The van der Waals surface area contributed by atoms with E-state index in [0.717, 1.165) is 13.5 Å². The Hall–Kier alpha value is -2.47. The molecule has 0 aromatic heterocycles. The molecule has 0 heterocycles. The van der Waals surface area contributed by atoms with E-state index in [1.54, 1.807) is 0 Å². The standard InChI is InChI=1S/C17H23N3O7S/c1-4-5-10(8-21)18-12-13(16(24)15(12)23)19-11-7-6-9(2)17(14(11)22)28(26,27)20(3)25/h6-7,10,18-19,21-22,25H,4-5,8H2,1-3H3/t10-/m1/s1. The van der Waals surface area contributed by atoms with Crippen LogP contribution in [0.15, 0.2) is 26.6 Å². The number of anilines is 3. The molecule has 0 radical (unpaired) electrons. The van der Waals surface area contributed by atoms with Gasteiger partial charge in [-0.2, -0.15) is 0 Å². The van der Waals surface area contributed by atoms with Gasteiger partial charge in [-0.05, 0) is 25.0 Å². The van der Waals surface area contributed by atoms with Crippen molar-refractivity contribution in [1.82, 2.24) is 4.47 Å². The normalized spacial score (nSPS) is 13.1. The molecule has 0 bridgehead atoms. The number of aliphatic hydroxyl groups excluding tert-OH is 1. The van der Waals surface area contributed by atoms with E-state index in [1.165, 1.54) is 19.1 Å².